The number of nitrogens with zero attached hydrogens (tertiary/aromatic N) is 1. The van der Waals surface area contributed by atoms with E-state index in [1.807, 2.05) is 41.1 Å². The van der Waals surface area contributed by atoms with E-state index in [4.69, 9.17) is 11.6 Å². The zero-order chi connectivity index (χ0) is 13.4. The van der Waals surface area contributed by atoms with E-state index in [0.29, 0.717) is 17.1 Å². The average Bonchev–Trinajstić information content (AvgIpc) is 2.78. The molecule has 0 atom stereocenters. The van der Waals surface area contributed by atoms with Gasteiger partial charge in [-0.2, -0.15) is 0 Å². The molecule has 3 rings (SSSR count). The van der Waals surface area contributed by atoms with E-state index in [0.717, 1.165) is 15.4 Å². The van der Waals surface area contributed by atoms with E-state index in [1.165, 1.54) is 6.07 Å². The summed E-state index contributed by atoms with van der Waals surface area (Å²) < 4.78 is 16.6. The highest BCUT2D eigenvalue weighted by molar-refractivity contribution is 9.10. The number of rotatable bonds is 2. The lowest BCUT2D eigenvalue weighted by atomic mass is 10.2. The van der Waals surface area contributed by atoms with Crippen LogP contribution >= 0.6 is 27.5 Å². The Morgan fingerprint density at radius 3 is 2.79 bits per heavy atom. The molecule has 1 nitrogen and oxygen atoms in total. The van der Waals surface area contributed by atoms with Crippen molar-refractivity contribution in [3.63, 3.8) is 0 Å². The molecule has 4 heteroatoms. The van der Waals surface area contributed by atoms with Gasteiger partial charge < -0.3 is 4.57 Å². The van der Waals surface area contributed by atoms with Gasteiger partial charge in [0.05, 0.1) is 6.54 Å². The van der Waals surface area contributed by atoms with Crippen molar-refractivity contribution in [3.05, 3.63) is 69.5 Å². The van der Waals surface area contributed by atoms with Gasteiger partial charge in [0.1, 0.15) is 5.82 Å². The zero-order valence-electron chi connectivity index (χ0n) is 9.91. The Hall–Kier alpha value is -1.32. The molecule has 0 fully saturated rings. The van der Waals surface area contributed by atoms with Crippen LogP contribution in [0.25, 0.3) is 10.9 Å². The Kier molecular flexibility index (Phi) is 3.33. The third-order valence-electron chi connectivity index (χ3n) is 3.12. The molecule has 0 amide bonds. The van der Waals surface area contributed by atoms with Gasteiger partial charge in [0.15, 0.2) is 0 Å². The molecule has 0 radical (unpaired) electrons. The Bertz CT molecular complexity index is 751. The number of fused-ring (bicyclic) bond motifs is 1. The smallest absolute Gasteiger partial charge is 0.129 e. The fourth-order valence-electron chi connectivity index (χ4n) is 2.16. The minimum atomic E-state index is -0.210. The average molecular weight is 339 g/mol. The van der Waals surface area contributed by atoms with E-state index in [2.05, 4.69) is 15.9 Å². The van der Waals surface area contributed by atoms with Crippen molar-refractivity contribution in [1.82, 2.24) is 4.57 Å². The summed E-state index contributed by atoms with van der Waals surface area (Å²) in [5.41, 5.74) is 1.66. The summed E-state index contributed by atoms with van der Waals surface area (Å²) in [5.74, 6) is -0.210. The van der Waals surface area contributed by atoms with Gasteiger partial charge >= 0.3 is 0 Å². The van der Waals surface area contributed by atoms with Crippen molar-refractivity contribution in [2.75, 3.05) is 0 Å². The van der Waals surface area contributed by atoms with Gasteiger partial charge in [-0.1, -0.05) is 39.7 Å². The van der Waals surface area contributed by atoms with Crippen molar-refractivity contribution in [1.29, 1.82) is 0 Å². The molecule has 0 N–H and O–H groups in total. The molecule has 96 valence electrons. The molecule has 19 heavy (non-hydrogen) atoms. The number of hydrogen-bond donors (Lipinski definition) is 0. The van der Waals surface area contributed by atoms with Crippen LogP contribution in [0.15, 0.2) is 53.1 Å². The highest BCUT2D eigenvalue weighted by Crippen LogP contribution is 2.25. The van der Waals surface area contributed by atoms with Crippen molar-refractivity contribution in [3.8, 4) is 0 Å². The first-order valence-electron chi connectivity index (χ1n) is 5.82. The lowest BCUT2D eigenvalue weighted by molar-refractivity contribution is 0.601. The molecule has 0 aliphatic heterocycles. The van der Waals surface area contributed by atoms with Crippen LogP contribution in [0.1, 0.15) is 5.56 Å². The third-order valence-corrected chi connectivity index (χ3v) is 3.94. The van der Waals surface area contributed by atoms with Gasteiger partial charge in [-0.25, -0.2) is 4.39 Å². The highest BCUT2D eigenvalue weighted by Gasteiger charge is 2.07. The van der Waals surface area contributed by atoms with E-state index >= 15 is 0 Å². The maximum atomic E-state index is 13.9. The van der Waals surface area contributed by atoms with E-state index in [9.17, 15) is 4.39 Å². The van der Waals surface area contributed by atoms with Crippen LogP contribution in [0.2, 0.25) is 5.02 Å². The number of hydrogen-bond acceptors (Lipinski definition) is 0. The van der Waals surface area contributed by atoms with Crippen LogP contribution in [0, 0.1) is 5.82 Å². The second kappa shape index (κ2) is 4.99. The lowest BCUT2D eigenvalue weighted by Crippen LogP contribution is -2.00. The summed E-state index contributed by atoms with van der Waals surface area (Å²) in [7, 11) is 0. The highest BCUT2D eigenvalue weighted by atomic mass is 79.9. The quantitative estimate of drug-likeness (QED) is 0.602. The standard InChI is InChI=1S/C15H10BrClFN/c16-11-5-4-10(14(18)8-11)9-19-7-6-12-13(17)2-1-3-15(12)19/h1-8H,9H2. The van der Waals surface area contributed by atoms with Crippen LogP contribution in [-0.2, 0) is 6.54 Å². The largest absolute Gasteiger partial charge is 0.343 e. The molecule has 0 saturated heterocycles. The first-order chi connectivity index (χ1) is 9.15. The van der Waals surface area contributed by atoms with Crippen LogP contribution in [-0.4, -0.2) is 4.57 Å². The van der Waals surface area contributed by atoms with Gasteiger partial charge in [0.25, 0.3) is 0 Å². The summed E-state index contributed by atoms with van der Waals surface area (Å²) in [6.45, 7) is 0.489. The maximum Gasteiger partial charge on any atom is 0.129 e. The molecule has 1 aromatic heterocycles. The number of aromatic nitrogens is 1. The molecule has 2 aromatic carbocycles. The van der Waals surface area contributed by atoms with Crippen molar-refractivity contribution in [2.45, 2.75) is 6.54 Å². The summed E-state index contributed by atoms with van der Waals surface area (Å²) in [6, 6.07) is 12.8. The maximum absolute atomic E-state index is 13.9. The first-order valence-corrected chi connectivity index (χ1v) is 6.99. The molecular weight excluding hydrogens is 329 g/mol. The zero-order valence-corrected chi connectivity index (χ0v) is 12.2. The van der Waals surface area contributed by atoms with Gasteiger partial charge in [-0.15, -0.1) is 0 Å². The van der Waals surface area contributed by atoms with Gasteiger partial charge in [-0.3, -0.25) is 0 Å². The normalized spacial score (nSPS) is 11.1. The third kappa shape index (κ3) is 2.40. The molecular formula is C15H10BrClFN. The van der Waals surface area contributed by atoms with Gasteiger partial charge in [0, 0.05) is 32.2 Å². The van der Waals surface area contributed by atoms with Crippen LogP contribution in [0.3, 0.4) is 0 Å². The van der Waals surface area contributed by atoms with Crippen molar-refractivity contribution >= 4 is 38.4 Å². The van der Waals surface area contributed by atoms with E-state index < -0.39 is 0 Å². The Balaban J connectivity index is 2.04. The van der Waals surface area contributed by atoms with Crippen LogP contribution in [0.4, 0.5) is 4.39 Å². The molecule has 0 spiro atoms. The molecule has 0 bridgehead atoms. The topological polar surface area (TPSA) is 4.93 Å². The van der Waals surface area contributed by atoms with Crippen LogP contribution in [0.5, 0.6) is 0 Å². The van der Waals surface area contributed by atoms with E-state index in [1.54, 1.807) is 6.07 Å². The summed E-state index contributed by atoms with van der Waals surface area (Å²) in [4.78, 5) is 0. The minimum Gasteiger partial charge on any atom is -0.343 e. The molecule has 0 aliphatic carbocycles. The fraction of sp³-hybridized carbons (Fsp3) is 0.0667. The van der Waals surface area contributed by atoms with Crippen LogP contribution < -0.4 is 0 Å². The molecule has 3 aromatic rings. The summed E-state index contributed by atoms with van der Waals surface area (Å²) in [6.07, 6.45) is 1.93. The predicted octanol–water partition coefficient (Wildman–Crippen LogP) is 5.24. The number of benzene rings is 2. The van der Waals surface area contributed by atoms with Crippen molar-refractivity contribution in [2.24, 2.45) is 0 Å². The number of halogens is 3. The second-order valence-corrected chi connectivity index (χ2v) is 5.67. The monoisotopic (exact) mass is 337 g/mol. The Morgan fingerprint density at radius 1 is 1.16 bits per heavy atom. The Labute approximate surface area is 123 Å². The molecule has 0 aliphatic rings. The van der Waals surface area contributed by atoms with Gasteiger partial charge in [0.2, 0.25) is 0 Å². The second-order valence-electron chi connectivity index (χ2n) is 4.35. The fourth-order valence-corrected chi connectivity index (χ4v) is 2.72. The summed E-state index contributed by atoms with van der Waals surface area (Å²) in [5, 5.41) is 1.70. The minimum absolute atomic E-state index is 0.210. The van der Waals surface area contributed by atoms with E-state index in [-0.39, 0.29) is 5.82 Å². The first kappa shape index (κ1) is 12.7. The lowest BCUT2D eigenvalue weighted by Gasteiger charge is -2.07. The molecule has 0 saturated carbocycles. The van der Waals surface area contributed by atoms with Crippen molar-refractivity contribution < 1.29 is 4.39 Å². The molecule has 1 heterocycles. The van der Waals surface area contributed by atoms with Gasteiger partial charge in [-0.05, 0) is 30.3 Å². The summed E-state index contributed by atoms with van der Waals surface area (Å²) >= 11 is 9.39. The predicted molar refractivity (Wildman–Crippen MR) is 80.2 cm³/mol. The molecule has 0 unspecified atom stereocenters. The Morgan fingerprint density at radius 2 is 2.00 bits per heavy atom. The SMILES string of the molecule is Fc1cc(Br)ccc1Cn1ccc2c(Cl)cccc21.